The number of rotatable bonds is 2. The number of piperidine rings is 1. The first-order valence-corrected chi connectivity index (χ1v) is 9.42. The van der Waals surface area contributed by atoms with Crippen LogP contribution >= 0.6 is 0 Å². The van der Waals surface area contributed by atoms with Crippen molar-refractivity contribution in [3.05, 3.63) is 0 Å². The molecule has 5 aliphatic rings. The van der Waals surface area contributed by atoms with Gasteiger partial charge in [-0.15, -0.1) is 0 Å². The van der Waals surface area contributed by atoms with Gasteiger partial charge in [0.1, 0.15) is 0 Å². The van der Waals surface area contributed by atoms with Gasteiger partial charge in [-0.05, 0) is 55.3 Å². The Morgan fingerprint density at radius 2 is 1.59 bits per heavy atom. The van der Waals surface area contributed by atoms with Crippen LogP contribution in [-0.4, -0.2) is 32.1 Å². The van der Waals surface area contributed by atoms with Crippen molar-refractivity contribution in [2.24, 2.45) is 22.2 Å². The number of likely N-dealkylation sites (tertiary alicyclic amines) is 1. The number of amides is 1. The molecule has 0 aromatic heterocycles. The van der Waals surface area contributed by atoms with Crippen LogP contribution in [-0.2, 0) is 4.79 Å². The van der Waals surface area contributed by atoms with E-state index >= 15 is 0 Å². The topological polar surface area (TPSA) is 33.5 Å². The van der Waals surface area contributed by atoms with E-state index in [9.17, 15) is 4.79 Å². The second-order valence-electron chi connectivity index (χ2n) is 10.1. The van der Waals surface area contributed by atoms with E-state index in [2.05, 4.69) is 26.2 Å². The monoisotopic (exact) mass is 305 g/mol. The lowest BCUT2D eigenvalue weighted by molar-refractivity contribution is -0.884. The normalized spacial score (nSPS) is 53.5. The van der Waals surface area contributed by atoms with Gasteiger partial charge in [-0.25, -0.2) is 0 Å². The van der Waals surface area contributed by atoms with Crippen molar-refractivity contribution >= 4 is 5.91 Å². The zero-order chi connectivity index (χ0) is 15.6. The molecule has 0 aromatic carbocycles. The van der Waals surface area contributed by atoms with Crippen LogP contribution in [0.15, 0.2) is 0 Å². The lowest BCUT2D eigenvalue weighted by Gasteiger charge is -2.64. The Bertz CT molecular complexity index is 462. The number of nitrogens with one attached hydrogen (secondary N) is 2. The molecule has 1 aliphatic heterocycles. The summed E-state index contributed by atoms with van der Waals surface area (Å²) in [6.07, 6.45) is 9.87. The first-order valence-electron chi connectivity index (χ1n) is 9.42. The molecule has 1 heterocycles. The summed E-state index contributed by atoms with van der Waals surface area (Å²) in [5.41, 5.74) is 0.837. The first kappa shape index (κ1) is 15.0. The molecule has 5 fully saturated rings. The molecule has 22 heavy (non-hydrogen) atoms. The smallest absolute Gasteiger partial charge is 0.226 e. The first-order chi connectivity index (χ1) is 10.3. The molecular weight excluding hydrogens is 272 g/mol. The van der Waals surface area contributed by atoms with Crippen molar-refractivity contribution in [3.8, 4) is 0 Å². The average molecular weight is 305 g/mol. The molecule has 4 atom stereocenters. The van der Waals surface area contributed by atoms with E-state index in [1.165, 1.54) is 38.8 Å². The van der Waals surface area contributed by atoms with Crippen molar-refractivity contribution in [1.29, 1.82) is 0 Å². The predicted octanol–water partition coefficient (Wildman–Crippen LogP) is 1.78. The van der Waals surface area contributed by atoms with E-state index in [0.717, 1.165) is 31.6 Å². The molecule has 4 bridgehead atoms. The fraction of sp³-hybridized carbons (Fsp3) is 0.947. The maximum atomic E-state index is 13.2. The molecule has 0 aromatic rings. The molecule has 2 N–H and O–H groups in total. The van der Waals surface area contributed by atoms with Crippen LogP contribution in [0.1, 0.15) is 65.2 Å². The zero-order valence-corrected chi connectivity index (χ0v) is 14.6. The zero-order valence-electron chi connectivity index (χ0n) is 14.6. The highest BCUT2D eigenvalue weighted by Crippen LogP contribution is 2.69. The van der Waals surface area contributed by atoms with Gasteiger partial charge in [0.2, 0.25) is 5.91 Å². The van der Waals surface area contributed by atoms with E-state index in [1.807, 2.05) is 0 Å². The number of carbonyl (C=O) groups is 1. The van der Waals surface area contributed by atoms with Crippen LogP contribution < -0.4 is 10.2 Å². The van der Waals surface area contributed by atoms with Crippen LogP contribution in [0.5, 0.6) is 0 Å². The van der Waals surface area contributed by atoms with E-state index in [-0.39, 0.29) is 5.41 Å². The second kappa shape index (κ2) is 4.72. The molecule has 4 aliphatic carbocycles. The van der Waals surface area contributed by atoms with E-state index in [1.54, 1.807) is 4.90 Å². The minimum Gasteiger partial charge on any atom is -0.352 e. The fourth-order valence-electron chi connectivity index (χ4n) is 7.29. The van der Waals surface area contributed by atoms with E-state index in [0.29, 0.717) is 22.8 Å². The molecule has 0 spiro atoms. The Balaban J connectivity index is 1.50. The van der Waals surface area contributed by atoms with Crippen molar-refractivity contribution in [2.75, 3.05) is 20.1 Å². The number of hydrogen-bond donors (Lipinski definition) is 2. The van der Waals surface area contributed by atoms with Gasteiger partial charge >= 0.3 is 0 Å². The lowest BCUT2D eigenvalue weighted by Crippen LogP contribution is -3.10. The summed E-state index contributed by atoms with van der Waals surface area (Å²) in [6, 6.07) is 0.435. The third-order valence-electron chi connectivity index (χ3n) is 7.28. The van der Waals surface area contributed by atoms with Crippen molar-refractivity contribution in [3.63, 3.8) is 0 Å². The maximum absolute atomic E-state index is 13.2. The number of quaternary nitrogens is 1. The van der Waals surface area contributed by atoms with Gasteiger partial charge in [0.25, 0.3) is 0 Å². The van der Waals surface area contributed by atoms with Gasteiger partial charge in [0.15, 0.2) is 0 Å². The molecule has 4 saturated carbocycles. The summed E-state index contributed by atoms with van der Waals surface area (Å²) in [5.74, 6) is 1.22. The summed E-state index contributed by atoms with van der Waals surface area (Å²) in [6.45, 7) is 7.32. The highest BCUT2D eigenvalue weighted by Gasteiger charge is 2.62. The van der Waals surface area contributed by atoms with Crippen LogP contribution in [0, 0.1) is 22.2 Å². The van der Waals surface area contributed by atoms with Crippen LogP contribution in [0.25, 0.3) is 0 Å². The third kappa shape index (κ3) is 2.40. The number of hydrogen-bond acceptors (Lipinski definition) is 1. The van der Waals surface area contributed by atoms with E-state index in [4.69, 9.17) is 0 Å². The SMILES string of the molecule is C[NH+]1CCC(NC(=O)C23CC4C[C@@](C)(C2)C[C@](C)(C4)C3)CC1. The Morgan fingerprint density at radius 3 is 2.14 bits per heavy atom. The summed E-state index contributed by atoms with van der Waals surface area (Å²) < 4.78 is 0. The largest absolute Gasteiger partial charge is 0.352 e. The minimum atomic E-state index is -0.0286. The van der Waals surface area contributed by atoms with Gasteiger partial charge in [-0.1, -0.05) is 13.8 Å². The second-order valence-corrected chi connectivity index (χ2v) is 10.1. The molecule has 5 rings (SSSR count). The lowest BCUT2D eigenvalue weighted by atomic mass is 9.40. The molecule has 1 saturated heterocycles. The van der Waals surface area contributed by atoms with Crippen molar-refractivity contribution in [2.45, 2.75) is 71.3 Å². The molecule has 0 radical (unpaired) electrons. The molecule has 124 valence electrons. The third-order valence-corrected chi connectivity index (χ3v) is 7.28. The Kier molecular flexibility index (Phi) is 3.21. The van der Waals surface area contributed by atoms with Crippen LogP contribution in [0.3, 0.4) is 0 Å². The molecular formula is C19H33N2O+. The van der Waals surface area contributed by atoms with Gasteiger partial charge in [-0.2, -0.15) is 0 Å². The standard InChI is InChI=1S/C19H32N2O/c1-17-8-14-9-18(2,11-17)13-19(10-14,12-17)16(22)20-15-4-6-21(3)7-5-15/h14-15H,4-13H2,1-3H3,(H,20,22)/p+1/t14?,17-,18+,19?. The maximum Gasteiger partial charge on any atom is 0.226 e. The van der Waals surface area contributed by atoms with Gasteiger partial charge in [0.05, 0.1) is 25.6 Å². The molecule has 3 heteroatoms. The van der Waals surface area contributed by atoms with Gasteiger partial charge in [-0.3, -0.25) is 4.79 Å². The molecule has 2 unspecified atom stereocenters. The Morgan fingerprint density at radius 1 is 1.00 bits per heavy atom. The van der Waals surface area contributed by atoms with Crippen molar-refractivity contribution in [1.82, 2.24) is 5.32 Å². The fourth-order valence-corrected chi connectivity index (χ4v) is 7.29. The average Bonchev–Trinajstić information content (AvgIpc) is 2.37. The molecule has 3 nitrogen and oxygen atoms in total. The highest BCUT2D eigenvalue weighted by atomic mass is 16.2. The Hall–Kier alpha value is -0.570. The highest BCUT2D eigenvalue weighted by molar-refractivity contribution is 5.83. The quantitative estimate of drug-likeness (QED) is 0.801. The summed E-state index contributed by atoms with van der Waals surface area (Å²) in [5, 5.41) is 3.48. The minimum absolute atomic E-state index is 0.0286. The number of carbonyl (C=O) groups excluding carboxylic acids is 1. The van der Waals surface area contributed by atoms with Crippen LogP contribution in [0.4, 0.5) is 0 Å². The van der Waals surface area contributed by atoms with Gasteiger partial charge < -0.3 is 10.2 Å². The summed E-state index contributed by atoms with van der Waals surface area (Å²) >= 11 is 0. The van der Waals surface area contributed by atoms with Crippen molar-refractivity contribution < 1.29 is 9.69 Å². The summed E-state index contributed by atoms with van der Waals surface area (Å²) in [4.78, 5) is 14.8. The van der Waals surface area contributed by atoms with Crippen LogP contribution in [0.2, 0.25) is 0 Å². The predicted molar refractivity (Wildman–Crippen MR) is 87.6 cm³/mol. The Labute approximate surface area is 135 Å². The molecule has 1 amide bonds. The summed E-state index contributed by atoms with van der Waals surface area (Å²) in [7, 11) is 2.26. The van der Waals surface area contributed by atoms with E-state index < -0.39 is 0 Å². The van der Waals surface area contributed by atoms with Gasteiger partial charge in [0, 0.05) is 18.9 Å².